The molecule has 0 N–H and O–H groups in total. The standard InChI is InChI=1S/C9H8IN3/c1-7-2-3-9(8(10)6-7)13-5-4-11-12-13/h2-6H,1H3. The third-order valence-electron chi connectivity index (χ3n) is 1.77. The summed E-state index contributed by atoms with van der Waals surface area (Å²) in [5.74, 6) is 0. The van der Waals surface area contributed by atoms with Gasteiger partial charge in [0.2, 0.25) is 0 Å². The molecule has 4 heteroatoms. The van der Waals surface area contributed by atoms with Crippen LogP contribution in [0.25, 0.3) is 5.69 Å². The molecule has 0 fully saturated rings. The molecule has 0 unspecified atom stereocenters. The maximum atomic E-state index is 3.94. The van der Waals surface area contributed by atoms with E-state index in [0.717, 1.165) is 5.69 Å². The van der Waals surface area contributed by atoms with E-state index in [1.807, 2.05) is 12.3 Å². The van der Waals surface area contributed by atoms with Gasteiger partial charge in [-0.05, 0) is 47.2 Å². The first-order valence-corrected chi connectivity index (χ1v) is 4.98. The van der Waals surface area contributed by atoms with E-state index in [1.165, 1.54) is 9.13 Å². The third-order valence-corrected chi connectivity index (χ3v) is 2.64. The second kappa shape index (κ2) is 3.45. The summed E-state index contributed by atoms with van der Waals surface area (Å²) >= 11 is 2.30. The van der Waals surface area contributed by atoms with Crippen LogP contribution in [0.15, 0.2) is 30.6 Å². The second-order valence-electron chi connectivity index (χ2n) is 2.80. The van der Waals surface area contributed by atoms with Crippen LogP contribution in [0.3, 0.4) is 0 Å². The van der Waals surface area contributed by atoms with Crippen LogP contribution in [0.1, 0.15) is 5.56 Å². The van der Waals surface area contributed by atoms with E-state index in [9.17, 15) is 0 Å². The van der Waals surface area contributed by atoms with Gasteiger partial charge >= 0.3 is 0 Å². The van der Waals surface area contributed by atoms with Crippen molar-refractivity contribution in [2.75, 3.05) is 0 Å². The Labute approximate surface area is 89.9 Å². The molecule has 2 aromatic rings. The highest BCUT2D eigenvalue weighted by Crippen LogP contribution is 2.16. The average Bonchev–Trinajstić information content (AvgIpc) is 2.56. The summed E-state index contributed by atoms with van der Waals surface area (Å²) in [4.78, 5) is 0. The summed E-state index contributed by atoms with van der Waals surface area (Å²) in [6.07, 6.45) is 3.52. The van der Waals surface area contributed by atoms with Crippen LogP contribution >= 0.6 is 22.6 Å². The van der Waals surface area contributed by atoms with E-state index in [-0.39, 0.29) is 0 Å². The minimum atomic E-state index is 1.07. The summed E-state index contributed by atoms with van der Waals surface area (Å²) in [5, 5.41) is 7.71. The fourth-order valence-corrected chi connectivity index (χ4v) is 2.05. The van der Waals surface area contributed by atoms with Crippen LogP contribution in [0.5, 0.6) is 0 Å². The Morgan fingerprint density at radius 2 is 2.23 bits per heavy atom. The fraction of sp³-hybridized carbons (Fsp3) is 0.111. The molecule has 0 atom stereocenters. The molecular formula is C9H8IN3. The van der Waals surface area contributed by atoms with Gasteiger partial charge in [0.1, 0.15) is 0 Å². The van der Waals surface area contributed by atoms with Crippen molar-refractivity contribution in [3.05, 3.63) is 39.7 Å². The molecule has 13 heavy (non-hydrogen) atoms. The van der Waals surface area contributed by atoms with Gasteiger partial charge in [-0.15, -0.1) is 5.10 Å². The number of nitrogens with zero attached hydrogens (tertiary/aromatic N) is 3. The van der Waals surface area contributed by atoms with E-state index in [2.05, 4.69) is 52.0 Å². The van der Waals surface area contributed by atoms with Crippen LogP contribution in [0, 0.1) is 10.5 Å². The summed E-state index contributed by atoms with van der Waals surface area (Å²) in [6.45, 7) is 2.08. The van der Waals surface area contributed by atoms with Gasteiger partial charge in [-0.2, -0.15) is 0 Å². The maximum Gasteiger partial charge on any atom is 0.0797 e. The molecule has 0 aliphatic rings. The minimum Gasteiger partial charge on any atom is -0.220 e. The molecule has 0 spiro atoms. The van der Waals surface area contributed by atoms with E-state index < -0.39 is 0 Å². The lowest BCUT2D eigenvalue weighted by molar-refractivity contribution is 0.799. The minimum absolute atomic E-state index is 1.07. The summed E-state index contributed by atoms with van der Waals surface area (Å²) in [6, 6.07) is 6.24. The lowest BCUT2D eigenvalue weighted by atomic mass is 10.2. The van der Waals surface area contributed by atoms with Gasteiger partial charge in [-0.3, -0.25) is 0 Å². The molecule has 0 radical (unpaired) electrons. The number of rotatable bonds is 1. The van der Waals surface area contributed by atoms with Gasteiger partial charge < -0.3 is 0 Å². The van der Waals surface area contributed by atoms with Gasteiger partial charge in [-0.25, -0.2) is 4.68 Å². The van der Waals surface area contributed by atoms with Crippen molar-refractivity contribution in [3.8, 4) is 5.69 Å². The molecule has 1 heterocycles. The predicted molar refractivity (Wildman–Crippen MR) is 58.8 cm³/mol. The highest BCUT2D eigenvalue weighted by atomic mass is 127. The number of hydrogen-bond acceptors (Lipinski definition) is 2. The Hall–Kier alpha value is -0.910. The monoisotopic (exact) mass is 285 g/mol. The lowest BCUT2D eigenvalue weighted by Gasteiger charge is -2.03. The van der Waals surface area contributed by atoms with Gasteiger partial charge in [0.25, 0.3) is 0 Å². The molecular weight excluding hydrogens is 277 g/mol. The Morgan fingerprint density at radius 1 is 1.38 bits per heavy atom. The van der Waals surface area contributed by atoms with Gasteiger partial charge in [0, 0.05) is 3.57 Å². The van der Waals surface area contributed by atoms with Crippen LogP contribution in [0.4, 0.5) is 0 Å². The van der Waals surface area contributed by atoms with E-state index in [4.69, 9.17) is 0 Å². The van der Waals surface area contributed by atoms with Crippen molar-refractivity contribution >= 4 is 22.6 Å². The van der Waals surface area contributed by atoms with Crippen molar-refractivity contribution in [1.29, 1.82) is 0 Å². The number of hydrogen-bond donors (Lipinski definition) is 0. The fourth-order valence-electron chi connectivity index (χ4n) is 1.13. The van der Waals surface area contributed by atoms with Crippen molar-refractivity contribution in [2.24, 2.45) is 0 Å². The molecule has 3 nitrogen and oxygen atoms in total. The molecule has 0 amide bonds. The Bertz CT molecular complexity index is 409. The normalized spacial score (nSPS) is 10.3. The second-order valence-corrected chi connectivity index (χ2v) is 3.96. The molecule has 2 rings (SSSR count). The molecule has 0 bridgehead atoms. The summed E-state index contributed by atoms with van der Waals surface area (Å²) < 4.78 is 2.95. The van der Waals surface area contributed by atoms with E-state index in [0.29, 0.717) is 0 Å². The zero-order valence-corrected chi connectivity index (χ0v) is 9.26. The quantitative estimate of drug-likeness (QED) is 0.752. The van der Waals surface area contributed by atoms with E-state index in [1.54, 1.807) is 10.9 Å². The molecule has 0 saturated heterocycles. The largest absolute Gasteiger partial charge is 0.220 e. The summed E-state index contributed by atoms with van der Waals surface area (Å²) in [5.41, 5.74) is 2.33. The van der Waals surface area contributed by atoms with Crippen molar-refractivity contribution in [1.82, 2.24) is 15.0 Å². The number of aromatic nitrogens is 3. The first-order chi connectivity index (χ1) is 6.27. The van der Waals surface area contributed by atoms with Crippen LogP contribution in [-0.2, 0) is 0 Å². The molecule has 0 aliphatic heterocycles. The summed E-state index contributed by atoms with van der Waals surface area (Å²) in [7, 11) is 0. The van der Waals surface area contributed by atoms with Gasteiger partial charge in [0.05, 0.1) is 18.1 Å². The molecule has 66 valence electrons. The van der Waals surface area contributed by atoms with Crippen molar-refractivity contribution < 1.29 is 0 Å². The molecule has 1 aromatic carbocycles. The number of halogens is 1. The Morgan fingerprint density at radius 3 is 2.85 bits per heavy atom. The third kappa shape index (κ3) is 1.72. The van der Waals surface area contributed by atoms with Crippen LogP contribution in [-0.4, -0.2) is 15.0 Å². The van der Waals surface area contributed by atoms with Crippen molar-refractivity contribution in [3.63, 3.8) is 0 Å². The first kappa shape index (κ1) is 8.68. The molecule has 0 aliphatic carbocycles. The van der Waals surface area contributed by atoms with E-state index >= 15 is 0 Å². The Balaban J connectivity index is 2.53. The van der Waals surface area contributed by atoms with Gasteiger partial charge in [0.15, 0.2) is 0 Å². The van der Waals surface area contributed by atoms with Crippen LogP contribution in [0.2, 0.25) is 0 Å². The molecule has 1 aromatic heterocycles. The van der Waals surface area contributed by atoms with Gasteiger partial charge in [-0.1, -0.05) is 11.3 Å². The topological polar surface area (TPSA) is 30.7 Å². The lowest BCUT2D eigenvalue weighted by Crippen LogP contribution is -1.97. The van der Waals surface area contributed by atoms with Crippen LogP contribution < -0.4 is 0 Å². The Kier molecular flexibility index (Phi) is 2.30. The number of benzene rings is 1. The molecule has 0 saturated carbocycles. The average molecular weight is 285 g/mol. The smallest absolute Gasteiger partial charge is 0.0797 e. The number of aryl methyl sites for hydroxylation is 1. The highest BCUT2D eigenvalue weighted by molar-refractivity contribution is 14.1. The maximum absolute atomic E-state index is 3.94. The zero-order valence-electron chi connectivity index (χ0n) is 7.11. The first-order valence-electron chi connectivity index (χ1n) is 3.90. The predicted octanol–water partition coefficient (Wildman–Crippen LogP) is 2.18. The highest BCUT2D eigenvalue weighted by Gasteiger charge is 2.01. The zero-order chi connectivity index (χ0) is 9.26. The van der Waals surface area contributed by atoms with Crippen molar-refractivity contribution in [2.45, 2.75) is 6.92 Å². The SMILES string of the molecule is Cc1ccc(-n2ccnn2)c(I)c1.